The number of carbonyl (C=O) groups is 1. The van der Waals surface area contributed by atoms with Crippen LogP contribution in [0.3, 0.4) is 0 Å². The van der Waals surface area contributed by atoms with Crippen LogP contribution in [0.4, 0.5) is 0 Å². The van der Waals surface area contributed by atoms with Crippen molar-refractivity contribution in [3.8, 4) is 0 Å². The van der Waals surface area contributed by atoms with Crippen LogP contribution in [0.15, 0.2) is 10.6 Å². The Kier molecular flexibility index (Phi) is 3.28. The van der Waals surface area contributed by atoms with Crippen LogP contribution in [0.25, 0.3) is 0 Å². The molecule has 0 bridgehead atoms. The highest BCUT2D eigenvalue weighted by molar-refractivity contribution is 8.03. The first-order valence-corrected chi connectivity index (χ1v) is 8.00. The molecule has 2 N–H and O–H groups in total. The minimum Gasteiger partial charge on any atom is -0.389 e. The smallest absolute Gasteiger partial charge is 0.246 e. The number of likely N-dealkylation sites (N-methyl/N-ethyl adjacent to an activating group) is 1. The third-order valence-electron chi connectivity index (χ3n) is 3.58. The van der Waals surface area contributed by atoms with Gasteiger partial charge in [-0.15, -0.1) is 0 Å². The first-order valence-electron chi connectivity index (χ1n) is 6.02. The Labute approximate surface area is 110 Å². The molecule has 2 saturated heterocycles. The summed E-state index contributed by atoms with van der Waals surface area (Å²) in [5, 5.41) is 3.24. The lowest BCUT2D eigenvalue weighted by Crippen LogP contribution is -2.59. The lowest BCUT2D eigenvalue weighted by atomic mass is 10.0. The number of hydrogen-bond donors (Lipinski definition) is 2. The zero-order chi connectivity index (χ0) is 11.8. The van der Waals surface area contributed by atoms with Gasteiger partial charge in [-0.25, -0.2) is 4.72 Å². The van der Waals surface area contributed by atoms with Crippen molar-refractivity contribution < 1.29 is 4.79 Å². The molecule has 2 unspecified atom stereocenters. The van der Waals surface area contributed by atoms with Crippen LogP contribution in [-0.2, 0) is 4.79 Å². The first kappa shape index (κ1) is 11.7. The molecule has 0 aromatic heterocycles. The molecular weight excluding hydrogens is 254 g/mol. The summed E-state index contributed by atoms with van der Waals surface area (Å²) in [6, 6.07) is 0.363. The molecule has 94 valence electrons. The normalized spacial score (nSPS) is 33.2. The SMILES string of the molecule is CNC1=C2SNC2C(=O)N(C2CCCSC2)C1. The summed E-state index contributed by atoms with van der Waals surface area (Å²) >= 11 is 3.56. The molecule has 1 amide bonds. The molecule has 6 heteroatoms. The van der Waals surface area contributed by atoms with Gasteiger partial charge < -0.3 is 10.2 Å². The predicted molar refractivity (Wildman–Crippen MR) is 72.7 cm³/mol. The maximum atomic E-state index is 12.3. The van der Waals surface area contributed by atoms with Gasteiger partial charge in [-0.3, -0.25) is 4.79 Å². The molecule has 4 nitrogen and oxygen atoms in total. The van der Waals surface area contributed by atoms with Crippen LogP contribution >= 0.6 is 23.7 Å². The van der Waals surface area contributed by atoms with Gasteiger partial charge in [-0.05, 0) is 30.5 Å². The van der Waals surface area contributed by atoms with E-state index in [0.717, 1.165) is 18.7 Å². The van der Waals surface area contributed by atoms with E-state index in [1.54, 1.807) is 11.9 Å². The van der Waals surface area contributed by atoms with Crippen molar-refractivity contribution in [1.82, 2.24) is 14.9 Å². The summed E-state index contributed by atoms with van der Waals surface area (Å²) in [4.78, 5) is 15.6. The van der Waals surface area contributed by atoms with E-state index in [1.807, 2.05) is 18.8 Å². The third kappa shape index (κ3) is 1.96. The molecule has 0 saturated carbocycles. The Morgan fingerprint density at radius 1 is 1.53 bits per heavy atom. The summed E-state index contributed by atoms with van der Waals surface area (Å²) in [5.41, 5.74) is 1.22. The number of thioether (sulfide) groups is 1. The zero-order valence-electron chi connectivity index (χ0n) is 9.86. The van der Waals surface area contributed by atoms with Gasteiger partial charge in [0.05, 0.1) is 6.54 Å². The predicted octanol–water partition coefficient (Wildman–Crippen LogP) is 0.775. The number of fused-ring (bicyclic) bond motifs is 1. The molecule has 0 aromatic rings. The third-order valence-corrected chi connectivity index (χ3v) is 5.84. The van der Waals surface area contributed by atoms with Crippen molar-refractivity contribution >= 4 is 29.6 Å². The Balaban J connectivity index is 1.79. The van der Waals surface area contributed by atoms with E-state index in [4.69, 9.17) is 0 Å². The van der Waals surface area contributed by atoms with Crippen LogP contribution < -0.4 is 10.0 Å². The van der Waals surface area contributed by atoms with Crippen molar-refractivity contribution in [3.63, 3.8) is 0 Å². The van der Waals surface area contributed by atoms with Gasteiger partial charge in [-0.2, -0.15) is 11.8 Å². The highest BCUT2D eigenvalue weighted by Gasteiger charge is 2.43. The zero-order valence-corrected chi connectivity index (χ0v) is 11.5. The number of nitrogens with zero attached hydrogens (tertiary/aromatic N) is 1. The molecule has 0 radical (unpaired) electrons. The largest absolute Gasteiger partial charge is 0.389 e. The average Bonchev–Trinajstić information content (AvgIpc) is 2.32. The van der Waals surface area contributed by atoms with E-state index in [2.05, 4.69) is 14.9 Å². The summed E-state index contributed by atoms with van der Waals surface area (Å²) in [5.74, 6) is 2.61. The van der Waals surface area contributed by atoms with Crippen LogP contribution in [0.2, 0.25) is 0 Å². The minimum atomic E-state index is -0.0665. The van der Waals surface area contributed by atoms with E-state index in [-0.39, 0.29) is 11.9 Å². The molecule has 2 fully saturated rings. The molecule has 2 atom stereocenters. The first-order chi connectivity index (χ1) is 8.31. The second-order valence-electron chi connectivity index (χ2n) is 4.58. The van der Waals surface area contributed by atoms with Crippen LogP contribution in [0, 0.1) is 0 Å². The van der Waals surface area contributed by atoms with E-state index in [0.29, 0.717) is 6.04 Å². The molecule has 0 aromatic carbocycles. The number of nitrogens with one attached hydrogen (secondary N) is 2. The van der Waals surface area contributed by atoms with Crippen molar-refractivity contribution in [2.24, 2.45) is 0 Å². The lowest BCUT2D eigenvalue weighted by molar-refractivity contribution is -0.134. The van der Waals surface area contributed by atoms with E-state index in [1.165, 1.54) is 22.8 Å². The highest BCUT2D eigenvalue weighted by Crippen LogP contribution is 2.37. The standard InChI is InChI=1S/C11H17N3OS2/c1-12-8-5-14(7-3-2-4-16-6-7)11(15)9-10(8)17-13-9/h7,9,12-13H,2-6H2,1H3. The van der Waals surface area contributed by atoms with Gasteiger partial charge in [0.1, 0.15) is 6.04 Å². The van der Waals surface area contributed by atoms with Crippen molar-refractivity contribution in [2.45, 2.75) is 24.9 Å². The maximum Gasteiger partial charge on any atom is 0.246 e. The molecule has 0 aliphatic carbocycles. The summed E-state index contributed by atoms with van der Waals surface area (Å²) in [6.07, 6.45) is 2.39. The average molecular weight is 271 g/mol. The number of amides is 1. The number of hydrogen-bond acceptors (Lipinski definition) is 5. The molecule has 0 spiro atoms. The summed E-state index contributed by atoms with van der Waals surface area (Å²) < 4.78 is 3.15. The lowest BCUT2D eigenvalue weighted by Gasteiger charge is -2.44. The van der Waals surface area contributed by atoms with Crippen LogP contribution in [-0.4, -0.2) is 48.0 Å². The second-order valence-corrected chi connectivity index (χ2v) is 6.61. The van der Waals surface area contributed by atoms with Gasteiger partial charge in [0, 0.05) is 29.4 Å². The van der Waals surface area contributed by atoms with Gasteiger partial charge in [-0.1, -0.05) is 0 Å². The monoisotopic (exact) mass is 271 g/mol. The molecule has 3 aliphatic heterocycles. The maximum absolute atomic E-state index is 12.3. The van der Waals surface area contributed by atoms with E-state index in [9.17, 15) is 4.79 Å². The summed E-state index contributed by atoms with van der Waals surface area (Å²) in [7, 11) is 1.95. The highest BCUT2D eigenvalue weighted by atomic mass is 32.2. The topological polar surface area (TPSA) is 44.4 Å². The molecule has 3 rings (SSSR count). The van der Waals surface area contributed by atoms with E-state index < -0.39 is 0 Å². The Morgan fingerprint density at radius 2 is 2.41 bits per heavy atom. The minimum absolute atomic E-state index is 0.0665. The van der Waals surface area contributed by atoms with Gasteiger partial charge in [0.2, 0.25) is 5.91 Å². The Morgan fingerprint density at radius 3 is 3.00 bits per heavy atom. The fraction of sp³-hybridized carbons (Fsp3) is 0.727. The van der Waals surface area contributed by atoms with Crippen molar-refractivity contribution in [3.05, 3.63) is 10.6 Å². The van der Waals surface area contributed by atoms with Crippen molar-refractivity contribution in [1.29, 1.82) is 0 Å². The molecule has 17 heavy (non-hydrogen) atoms. The fourth-order valence-corrected chi connectivity index (χ4v) is 4.55. The Bertz CT molecular complexity index is 366. The number of rotatable bonds is 2. The molecular formula is C11H17N3OS2. The van der Waals surface area contributed by atoms with Gasteiger partial charge >= 0.3 is 0 Å². The Hall–Kier alpha value is -0.330. The summed E-state index contributed by atoms with van der Waals surface area (Å²) in [6.45, 7) is 0.765. The number of carbonyl (C=O) groups excluding carboxylic acids is 1. The second kappa shape index (κ2) is 4.74. The van der Waals surface area contributed by atoms with Crippen LogP contribution in [0.5, 0.6) is 0 Å². The molecule has 3 heterocycles. The van der Waals surface area contributed by atoms with Gasteiger partial charge in [0.15, 0.2) is 0 Å². The molecule has 3 aliphatic rings. The van der Waals surface area contributed by atoms with E-state index >= 15 is 0 Å². The van der Waals surface area contributed by atoms with Crippen molar-refractivity contribution in [2.75, 3.05) is 25.1 Å². The van der Waals surface area contributed by atoms with Gasteiger partial charge in [0.25, 0.3) is 0 Å². The fourth-order valence-electron chi connectivity index (χ4n) is 2.55. The van der Waals surface area contributed by atoms with Crippen LogP contribution in [0.1, 0.15) is 12.8 Å². The quantitative estimate of drug-likeness (QED) is 0.727.